The van der Waals surface area contributed by atoms with E-state index in [9.17, 15) is 9.59 Å². The van der Waals surface area contributed by atoms with Crippen LogP contribution >= 0.6 is 0 Å². The third-order valence-electron chi connectivity index (χ3n) is 6.49. The van der Waals surface area contributed by atoms with Crippen LogP contribution in [0.2, 0.25) is 0 Å². The molecular formula is C32H30N4O7. The normalized spacial score (nSPS) is 11.3. The van der Waals surface area contributed by atoms with Gasteiger partial charge in [0.1, 0.15) is 30.0 Å². The summed E-state index contributed by atoms with van der Waals surface area (Å²) in [7, 11) is 1.55. The van der Waals surface area contributed by atoms with Crippen molar-refractivity contribution in [2.45, 2.75) is 33.4 Å². The average Bonchev–Trinajstić information content (AvgIpc) is 3.33. The second kappa shape index (κ2) is 12.6. The van der Waals surface area contributed by atoms with E-state index >= 15 is 0 Å². The molecule has 0 spiro atoms. The van der Waals surface area contributed by atoms with Crippen LogP contribution in [0.25, 0.3) is 27.9 Å². The predicted octanol–water partition coefficient (Wildman–Crippen LogP) is 5.72. The summed E-state index contributed by atoms with van der Waals surface area (Å²) in [5.41, 5.74) is 4.83. The number of rotatable bonds is 10. The first-order valence-electron chi connectivity index (χ1n) is 13.4. The van der Waals surface area contributed by atoms with Gasteiger partial charge in [-0.1, -0.05) is 24.3 Å². The molecule has 3 N–H and O–H groups in total. The molecule has 0 radical (unpaired) electrons. The van der Waals surface area contributed by atoms with Crippen LogP contribution < -0.4 is 25.0 Å². The molecule has 5 aromatic rings. The van der Waals surface area contributed by atoms with Crippen molar-refractivity contribution < 1.29 is 33.4 Å². The lowest BCUT2D eigenvalue weighted by atomic mass is 10.1. The van der Waals surface area contributed by atoms with E-state index < -0.39 is 5.91 Å². The van der Waals surface area contributed by atoms with Crippen LogP contribution in [0.4, 0.5) is 0 Å². The number of hydrogen-bond donors (Lipinski definition) is 3. The van der Waals surface area contributed by atoms with E-state index in [0.29, 0.717) is 56.3 Å². The maximum absolute atomic E-state index is 12.7. The lowest BCUT2D eigenvalue weighted by Crippen LogP contribution is -2.30. The summed E-state index contributed by atoms with van der Waals surface area (Å²) in [5.74, 6) is 1.46. The van der Waals surface area contributed by atoms with Gasteiger partial charge in [0.15, 0.2) is 11.5 Å². The van der Waals surface area contributed by atoms with Crippen molar-refractivity contribution in [3.05, 3.63) is 89.5 Å². The Labute approximate surface area is 247 Å². The molecule has 2 heterocycles. The first-order valence-corrected chi connectivity index (χ1v) is 13.4. The minimum atomic E-state index is -0.611. The van der Waals surface area contributed by atoms with E-state index in [2.05, 4.69) is 15.3 Å². The Morgan fingerprint density at radius 3 is 2.53 bits per heavy atom. The second-order valence-corrected chi connectivity index (χ2v) is 9.96. The van der Waals surface area contributed by atoms with E-state index in [0.717, 1.165) is 11.1 Å². The number of ether oxygens (including phenoxy) is 3. The number of aromatic nitrogens is 2. The largest absolute Gasteiger partial charge is 0.493 e. The van der Waals surface area contributed by atoms with Crippen LogP contribution in [0.3, 0.4) is 0 Å². The zero-order chi connectivity index (χ0) is 30.5. The van der Waals surface area contributed by atoms with Gasteiger partial charge in [0, 0.05) is 29.6 Å². The molecule has 0 aliphatic heterocycles. The van der Waals surface area contributed by atoms with Crippen LogP contribution in [0.5, 0.6) is 23.1 Å². The van der Waals surface area contributed by atoms with Gasteiger partial charge in [0.2, 0.25) is 5.88 Å². The molecule has 5 rings (SSSR count). The lowest BCUT2D eigenvalue weighted by Gasteiger charge is -2.13. The number of carbonyl (C=O) groups is 2. The third kappa shape index (κ3) is 6.57. The summed E-state index contributed by atoms with van der Waals surface area (Å²) >= 11 is 0. The quantitative estimate of drug-likeness (QED) is 0.107. The molecule has 11 nitrogen and oxygen atoms in total. The fourth-order valence-corrected chi connectivity index (χ4v) is 4.48. The number of nitrogens with zero attached hydrogens (tertiary/aromatic N) is 2. The number of aryl methyl sites for hydroxylation is 1. The Morgan fingerprint density at radius 2 is 1.81 bits per heavy atom. The number of hydroxylamine groups is 1. The summed E-state index contributed by atoms with van der Waals surface area (Å²) in [5, 5.41) is 12.8. The molecule has 0 fully saturated rings. The van der Waals surface area contributed by atoms with Gasteiger partial charge in [0.05, 0.1) is 23.6 Å². The minimum absolute atomic E-state index is 0.00481. The maximum Gasteiger partial charge on any atom is 0.267 e. The van der Waals surface area contributed by atoms with Gasteiger partial charge >= 0.3 is 0 Å². The highest BCUT2D eigenvalue weighted by atomic mass is 16.5. The Bertz CT molecular complexity index is 1830. The number of carbonyl (C=O) groups excluding carboxylic acids is 2. The van der Waals surface area contributed by atoms with Crippen molar-refractivity contribution in [1.82, 2.24) is 20.8 Å². The summed E-state index contributed by atoms with van der Waals surface area (Å²) in [6.45, 7) is 5.81. The van der Waals surface area contributed by atoms with Crippen molar-refractivity contribution in [1.29, 1.82) is 0 Å². The Balaban J connectivity index is 1.38. The number of fused-ring (bicyclic) bond motifs is 2. The molecule has 2 amide bonds. The van der Waals surface area contributed by atoms with E-state index in [4.69, 9.17) is 23.8 Å². The zero-order valence-corrected chi connectivity index (χ0v) is 24.0. The highest BCUT2D eigenvalue weighted by Crippen LogP contribution is 2.37. The predicted molar refractivity (Wildman–Crippen MR) is 159 cm³/mol. The molecule has 3 aromatic carbocycles. The first kappa shape index (κ1) is 29.1. The highest BCUT2D eigenvalue weighted by molar-refractivity contribution is 6.07. The molecule has 0 bridgehead atoms. The molecule has 0 saturated heterocycles. The van der Waals surface area contributed by atoms with Crippen molar-refractivity contribution in [3.8, 4) is 23.1 Å². The molecule has 0 saturated carbocycles. The third-order valence-corrected chi connectivity index (χ3v) is 6.49. The molecule has 0 atom stereocenters. The average molecular weight is 583 g/mol. The molecule has 0 aliphatic carbocycles. The van der Waals surface area contributed by atoms with Gasteiger partial charge in [-0.15, -0.1) is 0 Å². The first-order chi connectivity index (χ1) is 20.7. The smallest absolute Gasteiger partial charge is 0.267 e. The molecule has 43 heavy (non-hydrogen) atoms. The standard InChI is InChI=1S/C32H30N4O7/c1-18(2)35-31(38)30-19(3)42-26-13-22(10-11-23(26)30)43-32-24-14-28(27(40-4)15-25(24)33-17-34-32)41-16-21-7-5-20(6-8-21)9-12-29(37)36-39/h5-15,17-18,39H,16H2,1-4H3,(H,35,38)(H,36,37). The fraction of sp³-hybridized carbons (Fsp3) is 0.188. The van der Waals surface area contributed by atoms with Crippen LogP contribution in [-0.2, 0) is 11.4 Å². The number of methoxy groups -OCH3 is 1. The summed E-state index contributed by atoms with van der Waals surface area (Å²) < 4.78 is 23.7. The Kier molecular flexibility index (Phi) is 8.54. The lowest BCUT2D eigenvalue weighted by molar-refractivity contribution is -0.124. The fourth-order valence-electron chi connectivity index (χ4n) is 4.48. The Morgan fingerprint density at radius 1 is 1.02 bits per heavy atom. The number of benzene rings is 3. The van der Waals surface area contributed by atoms with Gasteiger partial charge in [-0.3, -0.25) is 14.8 Å². The van der Waals surface area contributed by atoms with Gasteiger partial charge < -0.3 is 23.9 Å². The molecule has 0 unspecified atom stereocenters. The second-order valence-electron chi connectivity index (χ2n) is 9.96. The Hall–Kier alpha value is -5.42. The van der Waals surface area contributed by atoms with Crippen LogP contribution in [0.15, 0.2) is 71.4 Å². The minimum Gasteiger partial charge on any atom is -0.493 e. The molecular weight excluding hydrogens is 552 g/mol. The van der Waals surface area contributed by atoms with E-state index in [1.54, 1.807) is 55.9 Å². The monoisotopic (exact) mass is 582 g/mol. The number of nitrogens with one attached hydrogen (secondary N) is 2. The zero-order valence-electron chi connectivity index (χ0n) is 24.0. The van der Waals surface area contributed by atoms with Gasteiger partial charge in [-0.2, -0.15) is 0 Å². The van der Waals surface area contributed by atoms with Crippen molar-refractivity contribution in [3.63, 3.8) is 0 Å². The summed E-state index contributed by atoms with van der Waals surface area (Å²) in [4.78, 5) is 32.6. The number of furan rings is 1. The van der Waals surface area contributed by atoms with E-state index in [-0.39, 0.29) is 18.6 Å². The van der Waals surface area contributed by atoms with E-state index in [1.807, 2.05) is 38.1 Å². The van der Waals surface area contributed by atoms with Crippen LogP contribution in [0, 0.1) is 6.92 Å². The number of amides is 2. The van der Waals surface area contributed by atoms with Gasteiger partial charge in [-0.05, 0) is 56.2 Å². The van der Waals surface area contributed by atoms with Crippen molar-refractivity contribution in [2.75, 3.05) is 7.11 Å². The number of hydrogen-bond acceptors (Lipinski definition) is 9. The van der Waals surface area contributed by atoms with Crippen LogP contribution in [0.1, 0.15) is 41.1 Å². The van der Waals surface area contributed by atoms with Crippen molar-refractivity contribution in [2.24, 2.45) is 0 Å². The van der Waals surface area contributed by atoms with Gasteiger partial charge in [0.25, 0.3) is 11.8 Å². The van der Waals surface area contributed by atoms with Crippen molar-refractivity contribution >= 4 is 39.8 Å². The van der Waals surface area contributed by atoms with Crippen LogP contribution in [-0.4, -0.2) is 40.1 Å². The SMILES string of the molecule is COc1cc2ncnc(Oc3ccc4c(C(=O)NC(C)C)c(C)oc4c3)c2cc1OCc1ccc(C=CC(=O)NO)cc1. The molecule has 2 aromatic heterocycles. The van der Waals surface area contributed by atoms with E-state index in [1.165, 1.54) is 12.4 Å². The topological polar surface area (TPSA) is 145 Å². The molecule has 0 aliphatic rings. The summed E-state index contributed by atoms with van der Waals surface area (Å²) in [6.07, 6.45) is 4.21. The molecule has 220 valence electrons. The van der Waals surface area contributed by atoms with Gasteiger partial charge in [-0.25, -0.2) is 15.4 Å². The maximum atomic E-state index is 12.7. The summed E-state index contributed by atoms with van der Waals surface area (Å²) in [6, 6.07) is 16.2. The highest BCUT2D eigenvalue weighted by Gasteiger charge is 2.20. The molecule has 11 heteroatoms.